The molecule has 0 saturated heterocycles. The average molecular weight is 263 g/mol. The predicted molar refractivity (Wildman–Crippen MR) is 70.1 cm³/mol. The molecule has 5 nitrogen and oxygen atoms in total. The van der Waals surface area contributed by atoms with Crippen LogP contribution in [0.4, 0.5) is 5.69 Å². The normalized spacial score (nSPS) is 21.9. The summed E-state index contributed by atoms with van der Waals surface area (Å²) in [6, 6.07) is 7.06. The van der Waals surface area contributed by atoms with Gasteiger partial charge in [-0.3, -0.25) is 9.59 Å². The third-order valence-corrected chi connectivity index (χ3v) is 3.51. The van der Waals surface area contributed by atoms with Crippen LogP contribution in [0, 0.1) is 11.8 Å². The minimum atomic E-state index is -0.806. The molecule has 1 aromatic rings. The molecule has 5 heteroatoms. The van der Waals surface area contributed by atoms with Crippen LogP contribution in [0.15, 0.2) is 24.3 Å². The van der Waals surface area contributed by atoms with E-state index in [0.717, 1.165) is 5.75 Å². The molecule has 0 spiro atoms. The molecule has 0 bridgehead atoms. The average Bonchev–Trinajstić information content (AvgIpc) is 2.89. The van der Waals surface area contributed by atoms with Crippen molar-refractivity contribution >= 4 is 17.6 Å². The molecule has 0 aromatic heterocycles. The van der Waals surface area contributed by atoms with Crippen LogP contribution in [0.25, 0.3) is 0 Å². The summed E-state index contributed by atoms with van der Waals surface area (Å²) in [4.78, 5) is 22.9. The Bertz CT molecular complexity index is 469. The van der Waals surface area contributed by atoms with Crippen molar-refractivity contribution in [3.63, 3.8) is 0 Å². The van der Waals surface area contributed by atoms with Crippen molar-refractivity contribution in [3.8, 4) is 5.75 Å². The molecule has 0 heterocycles. The van der Waals surface area contributed by atoms with Crippen molar-refractivity contribution in [3.05, 3.63) is 24.3 Å². The van der Waals surface area contributed by atoms with Crippen LogP contribution in [0.2, 0.25) is 0 Å². The lowest BCUT2D eigenvalue weighted by Gasteiger charge is -2.11. The topological polar surface area (TPSA) is 75.6 Å². The quantitative estimate of drug-likeness (QED) is 0.872. The zero-order chi connectivity index (χ0) is 13.8. The highest BCUT2D eigenvalue weighted by Crippen LogP contribution is 2.32. The van der Waals surface area contributed by atoms with E-state index >= 15 is 0 Å². The van der Waals surface area contributed by atoms with Crippen molar-refractivity contribution in [2.45, 2.75) is 19.3 Å². The summed E-state index contributed by atoms with van der Waals surface area (Å²) in [7, 11) is 1.58. The number of anilines is 1. The lowest BCUT2D eigenvalue weighted by Crippen LogP contribution is -2.21. The molecule has 2 N–H and O–H groups in total. The van der Waals surface area contributed by atoms with Gasteiger partial charge in [-0.2, -0.15) is 0 Å². The fourth-order valence-electron chi connectivity index (χ4n) is 2.36. The summed E-state index contributed by atoms with van der Waals surface area (Å²) in [6.45, 7) is 0. The number of carboxylic acids is 1. The van der Waals surface area contributed by atoms with Crippen molar-refractivity contribution in [2.24, 2.45) is 11.8 Å². The number of benzene rings is 1. The van der Waals surface area contributed by atoms with Gasteiger partial charge in [0.25, 0.3) is 0 Å². The number of carbonyl (C=O) groups excluding carboxylic acids is 1. The van der Waals surface area contributed by atoms with Gasteiger partial charge in [0.05, 0.1) is 13.0 Å². The van der Waals surface area contributed by atoms with Gasteiger partial charge in [-0.1, -0.05) is 0 Å². The monoisotopic (exact) mass is 263 g/mol. The second-order valence-corrected chi connectivity index (χ2v) is 4.76. The van der Waals surface area contributed by atoms with Crippen molar-refractivity contribution in [1.82, 2.24) is 0 Å². The number of carboxylic acid groups (broad SMARTS) is 1. The Hall–Kier alpha value is -2.04. The first-order chi connectivity index (χ1) is 9.10. The molecule has 1 saturated carbocycles. The Morgan fingerprint density at radius 2 is 1.84 bits per heavy atom. The summed E-state index contributed by atoms with van der Waals surface area (Å²) in [5, 5.41) is 11.7. The molecule has 2 unspecified atom stereocenters. The molecule has 2 atom stereocenters. The number of amides is 1. The van der Waals surface area contributed by atoms with Crippen molar-refractivity contribution in [2.75, 3.05) is 12.4 Å². The molecule has 2 rings (SSSR count). The maximum absolute atomic E-state index is 12.0. The second-order valence-electron chi connectivity index (χ2n) is 4.76. The third-order valence-electron chi connectivity index (χ3n) is 3.51. The van der Waals surface area contributed by atoms with Crippen LogP contribution >= 0.6 is 0 Å². The minimum absolute atomic E-state index is 0.103. The Balaban J connectivity index is 1.92. The number of nitrogens with one attached hydrogen (secondary N) is 1. The Morgan fingerprint density at radius 1 is 1.21 bits per heavy atom. The molecule has 1 aliphatic carbocycles. The second kappa shape index (κ2) is 5.73. The van der Waals surface area contributed by atoms with Crippen molar-refractivity contribution in [1.29, 1.82) is 0 Å². The lowest BCUT2D eigenvalue weighted by atomic mass is 10.0. The number of aliphatic carboxylic acids is 1. The number of hydrogen-bond donors (Lipinski definition) is 2. The number of rotatable bonds is 4. The van der Waals surface area contributed by atoms with E-state index in [4.69, 9.17) is 9.84 Å². The smallest absolute Gasteiger partial charge is 0.306 e. The maximum atomic E-state index is 12.0. The predicted octanol–water partition coefficient (Wildman–Crippen LogP) is 2.13. The van der Waals surface area contributed by atoms with Crippen LogP contribution < -0.4 is 10.1 Å². The van der Waals surface area contributed by atoms with E-state index < -0.39 is 5.97 Å². The fraction of sp³-hybridized carbons (Fsp3) is 0.429. The number of methoxy groups -OCH3 is 1. The Labute approximate surface area is 111 Å². The lowest BCUT2D eigenvalue weighted by molar-refractivity contribution is -0.141. The van der Waals surface area contributed by atoms with E-state index in [-0.39, 0.29) is 17.7 Å². The number of carbonyl (C=O) groups is 2. The van der Waals surface area contributed by atoms with Crippen molar-refractivity contribution < 1.29 is 19.4 Å². The van der Waals surface area contributed by atoms with E-state index in [2.05, 4.69) is 5.32 Å². The molecule has 0 radical (unpaired) electrons. The molecular formula is C14H17NO4. The first kappa shape index (κ1) is 13.4. The van der Waals surface area contributed by atoms with E-state index in [0.29, 0.717) is 24.9 Å². The Kier molecular flexibility index (Phi) is 4.04. The van der Waals surface area contributed by atoms with Gasteiger partial charge < -0.3 is 15.2 Å². The third kappa shape index (κ3) is 3.24. The molecule has 0 aliphatic heterocycles. The fourth-order valence-corrected chi connectivity index (χ4v) is 2.36. The van der Waals surface area contributed by atoms with Gasteiger partial charge >= 0.3 is 5.97 Å². The number of hydrogen-bond acceptors (Lipinski definition) is 3. The van der Waals surface area contributed by atoms with Crippen LogP contribution in [0.1, 0.15) is 19.3 Å². The molecular weight excluding hydrogens is 246 g/mol. The van der Waals surface area contributed by atoms with E-state index in [1.165, 1.54) is 0 Å². The van der Waals surface area contributed by atoms with Crippen LogP contribution in [-0.4, -0.2) is 24.1 Å². The highest BCUT2D eigenvalue weighted by molar-refractivity contribution is 5.93. The first-order valence-corrected chi connectivity index (χ1v) is 6.28. The zero-order valence-electron chi connectivity index (χ0n) is 10.8. The van der Waals surface area contributed by atoms with Gasteiger partial charge in [0, 0.05) is 11.6 Å². The van der Waals surface area contributed by atoms with Gasteiger partial charge in [0.2, 0.25) is 5.91 Å². The van der Waals surface area contributed by atoms with Gasteiger partial charge in [-0.05, 0) is 43.5 Å². The van der Waals surface area contributed by atoms with Gasteiger partial charge in [0.1, 0.15) is 5.75 Å². The van der Waals surface area contributed by atoms with Crippen LogP contribution in [-0.2, 0) is 9.59 Å². The van der Waals surface area contributed by atoms with Gasteiger partial charge in [0.15, 0.2) is 0 Å². The van der Waals surface area contributed by atoms with Gasteiger partial charge in [-0.25, -0.2) is 0 Å². The molecule has 1 amide bonds. The highest BCUT2D eigenvalue weighted by atomic mass is 16.5. The van der Waals surface area contributed by atoms with Crippen LogP contribution in [0.5, 0.6) is 5.75 Å². The molecule has 1 aliphatic rings. The van der Waals surface area contributed by atoms with E-state index in [9.17, 15) is 9.59 Å². The SMILES string of the molecule is COc1ccc(NC(=O)C2CCC(C(=O)O)C2)cc1. The summed E-state index contributed by atoms with van der Waals surface area (Å²) in [6.07, 6.45) is 1.65. The molecule has 1 aromatic carbocycles. The summed E-state index contributed by atoms with van der Waals surface area (Å²) >= 11 is 0. The maximum Gasteiger partial charge on any atom is 0.306 e. The van der Waals surface area contributed by atoms with Gasteiger partial charge in [-0.15, -0.1) is 0 Å². The zero-order valence-corrected chi connectivity index (χ0v) is 10.8. The molecule has 19 heavy (non-hydrogen) atoms. The number of ether oxygens (including phenoxy) is 1. The minimum Gasteiger partial charge on any atom is -0.497 e. The largest absolute Gasteiger partial charge is 0.497 e. The van der Waals surface area contributed by atoms with E-state index in [1.807, 2.05) is 0 Å². The summed E-state index contributed by atoms with van der Waals surface area (Å²) in [5.74, 6) is -0.770. The highest BCUT2D eigenvalue weighted by Gasteiger charge is 2.33. The molecule has 1 fully saturated rings. The Morgan fingerprint density at radius 3 is 2.37 bits per heavy atom. The van der Waals surface area contributed by atoms with E-state index in [1.54, 1.807) is 31.4 Å². The standard InChI is InChI=1S/C14H17NO4/c1-19-12-6-4-11(5-7-12)15-13(16)9-2-3-10(8-9)14(17)18/h4-7,9-10H,2-3,8H2,1H3,(H,15,16)(H,17,18). The molecule has 102 valence electrons. The van der Waals surface area contributed by atoms with Crippen LogP contribution in [0.3, 0.4) is 0 Å². The first-order valence-electron chi connectivity index (χ1n) is 6.28. The summed E-state index contributed by atoms with van der Waals surface area (Å²) in [5.41, 5.74) is 0.699. The summed E-state index contributed by atoms with van der Waals surface area (Å²) < 4.78 is 5.04.